The monoisotopic (exact) mass is 249 g/mol. The Balaban J connectivity index is 2.02. The molecule has 2 atom stereocenters. The Morgan fingerprint density at radius 2 is 2.44 bits per heavy atom. The van der Waals surface area contributed by atoms with Crippen molar-refractivity contribution < 1.29 is 9.53 Å². The zero-order valence-electron chi connectivity index (χ0n) is 10.8. The second-order valence-corrected chi connectivity index (χ2v) is 4.58. The minimum absolute atomic E-state index is 0.0172. The fourth-order valence-corrected chi connectivity index (χ4v) is 2.25. The van der Waals surface area contributed by atoms with Crippen molar-refractivity contribution in [2.24, 2.45) is 5.92 Å². The van der Waals surface area contributed by atoms with Gasteiger partial charge in [-0.2, -0.15) is 0 Å². The summed E-state index contributed by atoms with van der Waals surface area (Å²) in [6.07, 6.45) is 4.32. The first-order valence-electron chi connectivity index (χ1n) is 6.43. The number of nitrogens with zero attached hydrogens (tertiary/aromatic N) is 2. The van der Waals surface area contributed by atoms with E-state index in [9.17, 15) is 4.79 Å². The fraction of sp³-hybridized carbons (Fsp3) is 0.615. The van der Waals surface area contributed by atoms with Crippen LogP contribution in [0.25, 0.3) is 0 Å². The molecule has 98 valence electrons. The van der Waals surface area contributed by atoms with Crippen molar-refractivity contribution >= 4 is 11.9 Å². The number of hydrogen-bond acceptors (Lipinski definition) is 4. The number of anilines is 1. The molecule has 1 aliphatic heterocycles. The number of amides is 1. The molecule has 2 rings (SSSR count). The Morgan fingerprint density at radius 1 is 1.61 bits per heavy atom. The number of nitrogens with one attached hydrogen (secondary N) is 1. The van der Waals surface area contributed by atoms with Gasteiger partial charge in [-0.15, -0.1) is 0 Å². The molecule has 1 fully saturated rings. The zero-order chi connectivity index (χ0) is 13.0. The van der Waals surface area contributed by atoms with Crippen molar-refractivity contribution in [2.75, 3.05) is 11.9 Å². The van der Waals surface area contributed by atoms with Gasteiger partial charge in [0.15, 0.2) is 0 Å². The van der Waals surface area contributed by atoms with E-state index in [4.69, 9.17) is 4.74 Å². The van der Waals surface area contributed by atoms with Crippen molar-refractivity contribution in [1.82, 2.24) is 9.97 Å². The van der Waals surface area contributed by atoms with Crippen LogP contribution in [0, 0.1) is 12.8 Å². The van der Waals surface area contributed by atoms with Gasteiger partial charge in [-0.3, -0.25) is 10.1 Å². The van der Waals surface area contributed by atoms with E-state index in [1.165, 1.54) is 0 Å². The molecule has 18 heavy (non-hydrogen) atoms. The van der Waals surface area contributed by atoms with E-state index in [-0.39, 0.29) is 17.9 Å². The predicted octanol–water partition coefficient (Wildman–Crippen LogP) is 1.93. The van der Waals surface area contributed by atoms with Crippen molar-refractivity contribution in [1.29, 1.82) is 0 Å². The van der Waals surface area contributed by atoms with Crippen LogP contribution >= 0.6 is 0 Å². The normalized spacial score (nSPS) is 23.7. The summed E-state index contributed by atoms with van der Waals surface area (Å²) in [5, 5.41) is 2.78. The first-order valence-corrected chi connectivity index (χ1v) is 6.43. The van der Waals surface area contributed by atoms with Gasteiger partial charge in [0.1, 0.15) is 0 Å². The third-order valence-corrected chi connectivity index (χ3v) is 3.21. The fourth-order valence-electron chi connectivity index (χ4n) is 2.25. The van der Waals surface area contributed by atoms with E-state index in [1.807, 2.05) is 13.8 Å². The van der Waals surface area contributed by atoms with Gasteiger partial charge in [-0.05, 0) is 32.3 Å². The molecule has 1 saturated heterocycles. The van der Waals surface area contributed by atoms with Gasteiger partial charge < -0.3 is 4.74 Å². The summed E-state index contributed by atoms with van der Waals surface area (Å²) < 4.78 is 5.62. The van der Waals surface area contributed by atoms with Gasteiger partial charge in [-0.25, -0.2) is 9.97 Å². The Labute approximate surface area is 107 Å². The second-order valence-electron chi connectivity index (χ2n) is 4.58. The maximum atomic E-state index is 12.2. The number of carbonyl (C=O) groups is 1. The third kappa shape index (κ3) is 3.04. The molecule has 0 aliphatic carbocycles. The predicted molar refractivity (Wildman–Crippen MR) is 68.2 cm³/mol. The number of ether oxygens (including phenoxy) is 1. The van der Waals surface area contributed by atoms with Crippen molar-refractivity contribution in [2.45, 2.75) is 39.2 Å². The summed E-state index contributed by atoms with van der Waals surface area (Å²) >= 11 is 0. The average molecular weight is 249 g/mol. The summed E-state index contributed by atoms with van der Waals surface area (Å²) in [4.78, 5) is 20.4. The lowest BCUT2D eigenvalue weighted by molar-refractivity contribution is -0.129. The van der Waals surface area contributed by atoms with Crippen LogP contribution in [0.15, 0.2) is 12.3 Å². The van der Waals surface area contributed by atoms with Gasteiger partial charge in [0.05, 0.1) is 12.0 Å². The molecule has 2 heterocycles. The minimum atomic E-state index is -0.0899. The molecule has 1 aromatic rings. The molecule has 0 saturated carbocycles. The van der Waals surface area contributed by atoms with Crippen molar-refractivity contribution in [3.8, 4) is 0 Å². The molecule has 1 N–H and O–H groups in total. The van der Waals surface area contributed by atoms with Crippen molar-refractivity contribution in [3.05, 3.63) is 18.0 Å². The topological polar surface area (TPSA) is 64.1 Å². The molecular weight excluding hydrogens is 230 g/mol. The Bertz CT molecular complexity index is 422. The van der Waals surface area contributed by atoms with Crippen LogP contribution in [0.5, 0.6) is 0 Å². The quantitative estimate of drug-likeness (QED) is 0.889. The van der Waals surface area contributed by atoms with Gasteiger partial charge in [0, 0.05) is 18.5 Å². The summed E-state index contributed by atoms with van der Waals surface area (Å²) in [5.74, 6) is 0.250. The lowest BCUT2D eigenvalue weighted by Gasteiger charge is -2.29. The molecule has 5 heteroatoms. The van der Waals surface area contributed by atoms with Crippen LogP contribution in [0.2, 0.25) is 0 Å². The number of carbonyl (C=O) groups excluding carboxylic acids is 1. The van der Waals surface area contributed by atoms with Gasteiger partial charge >= 0.3 is 0 Å². The van der Waals surface area contributed by atoms with E-state index in [0.29, 0.717) is 5.95 Å². The lowest BCUT2D eigenvalue weighted by Crippen LogP contribution is -2.38. The molecule has 1 amide bonds. The summed E-state index contributed by atoms with van der Waals surface area (Å²) in [7, 11) is 0. The van der Waals surface area contributed by atoms with Crippen LogP contribution in [0.1, 0.15) is 31.9 Å². The molecule has 1 aliphatic rings. The summed E-state index contributed by atoms with van der Waals surface area (Å²) in [6.45, 7) is 4.67. The highest BCUT2D eigenvalue weighted by Crippen LogP contribution is 2.24. The minimum Gasteiger partial charge on any atom is -0.377 e. The summed E-state index contributed by atoms with van der Waals surface area (Å²) in [5.41, 5.74) is 0.840. The van der Waals surface area contributed by atoms with E-state index in [1.54, 1.807) is 12.3 Å². The highest BCUT2D eigenvalue weighted by Gasteiger charge is 2.30. The van der Waals surface area contributed by atoms with E-state index >= 15 is 0 Å². The number of aryl methyl sites for hydroxylation is 1. The number of hydrogen-bond donors (Lipinski definition) is 1. The van der Waals surface area contributed by atoms with Crippen molar-refractivity contribution in [3.63, 3.8) is 0 Å². The molecule has 2 unspecified atom stereocenters. The zero-order valence-corrected chi connectivity index (χ0v) is 10.8. The Morgan fingerprint density at radius 3 is 3.17 bits per heavy atom. The molecule has 0 aromatic carbocycles. The second kappa shape index (κ2) is 5.91. The molecular formula is C13H19N3O2. The molecule has 0 spiro atoms. The van der Waals surface area contributed by atoms with E-state index in [2.05, 4.69) is 15.3 Å². The first-order chi connectivity index (χ1) is 8.70. The largest absolute Gasteiger partial charge is 0.377 e. The molecule has 0 radical (unpaired) electrons. The molecule has 5 nitrogen and oxygen atoms in total. The number of aromatic nitrogens is 2. The van der Waals surface area contributed by atoms with E-state index < -0.39 is 0 Å². The maximum Gasteiger partial charge on any atom is 0.232 e. The Kier molecular flexibility index (Phi) is 4.25. The standard InChI is InChI=1S/C13H19N3O2/c1-3-11-10(5-4-8-18-11)12(17)16-13-14-7-6-9(2)15-13/h6-7,10-11H,3-5,8H2,1-2H3,(H,14,15,16,17). The van der Waals surface area contributed by atoms with Crippen LogP contribution < -0.4 is 5.32 Å². The molecule has 1 aromatic heterocycles. The highest BCUT2D eigenvalue weighted by molar-refractivity contribution is 5.91. The van der Waals surface area contributed by atoms with Crippen LogP contribution in [-0.2, 0) is 9.53 Å². The SMILES string of the molecule is CCC1OCCCC1C(=O)Nc1nccc(C)n1. The first kappa shape index (κ1) is 13.0. The average Bonchev–Trinajstić information content (AvgIpc) is 2.38. The Hall–Kier alpha value is -1.49. The third-order valence-electron chi connectivity index (χ3n) is 3.21. The van der Waals surface area contributed by atoms with Crippen LogP contribution in [-0.4, -0.2) is 28.6 Å². The van der Waals surface area contributed by atoms with Gasteiger partial charge in [-0.1, -0.05) is 6.92 Å². The maximum absolute atomic E-state index is 12.2. The van der Waals surface area contributed by atoms with Crippen LogP contribution in [0.4, 0.5) is 5.95 Å². The highest BCUT2D eigenvalue weighted by atomic mass is 16.5. The van der Waals surface area contributed by atoms with Gasteiger partial charge in [0.25, 0.3) is 0 Å². The smallest absolute Gasteiger partial charge is 0.232 e. The number of rotatable bonds is 3. The summed E-state index contributed by atoms with van der Waals surface area (Å²) in [6, 6.07) is 1.80. The van der Waals surface area contributed by atoms with Crippen LogP contribution in [0.3, 0.4) is 0 Å². The molecule has 0 bridgehead atoms. The van der Waals surface area contributed by atoms with E-state index in [0.717, 1.165) is 31.6 Å². The van der Waals surface area contributed by atoms with Gasteiger partial charge in [0.2, 0.25) is 11.9 Å². The lowest BCUT2D eigenvalue weighted by atomic mass is 9.92.